The molecule has 35 heavy (non-hydrogen) atoms. The van der Waals surface area contributed by atoms with Crippen molar-refractivity contribution < 1.29 is 22.7 Å². The number of amides is 1. The van der Waals surface area contributed by atoms with Crippen LogP contribution in [0.1, 0.15) is 30.5 Å². The van der Waals surface area contributed by atoms with Crippen LogP contribution in [0.15, 0.2) is 71.6 Å². The summed E-state index contributed by atoms with van der Waals surface area (Å²) >= 11 is 0. The molecular formula is C27H32N2O5S. The fourth-order valence-corrected chi connectivity index (χ4v) is 5.24. The molecule has 3 rings (SSSR count). The van der Waals surface area contributed by atoms with Crippen molar-refractivity contribution >= 4 is 21.6 Å². The van der Waals surface area contributed by atoms with Crippen molar-refractivity contribution in [3.8, 4) is 11.5 Å². The van der Waals surface area contributed by atoms with E-state index in [2.05, 4.69) is 37.4 Å². The van der Waals surface area contributed by atoms with Gasteiger partial charge in [-0.25, -0.2) is 8.42 Å². The minimum Gasteiger partial charge on any atom is -0.493 e. The number of hydrogen-bond acceptors (Lipinski definition) is 5. The first-order valence-corrected chi connectivity index (χ1v) is 12.9. The minimum atomic E-state index is -4.02. The molecule has 0 aromatic heterocycles. The van der Waals surface area contributed by atoms with Crippen LogP contribution >= 0.6 is 0 Å². The molecule has 0 heterocycles. The molecule has 8 heteroatoms. The van der Waals surface area contributed by atoms with Crippen molar-refractivity contribution in [1.82, 2.24) is 5.32 Å². The van der Waals surface area contributed by atoms with Gasteiger partial charge in [0.1, 0.15) is 6.54 Å². The average Bonchev–Trinajstić information content (AvgIpc) is 2.90. The Hall–Kier alpha value is -3.52. The molecule has 0 atom stereocenters. The second-order valence-electron chi connectivity index (χ2n) is 7.95. The first-order valence-electron chi connectivity index (χ1n) is 11.5. The van der Waals surface area contributed by atoms with Crippen LogP contribution in [-0.4, -0.2) is 35.1 Å². The summed E-state index contributed by atoms with van der Waals surface area (Å²) < 4.78 is 38.8. The number of nitrogens with one attached hydrogen (secondary N) is 1. The third kappa shape index (κ3) is 6.14. The van der Waals surface area contributed by atoms with Crippen LogP contribution in [0.5, 0.6) is 11.5 Å². The van der Waals surface area contributed by atoms with Crippen molar-refractivity contribution in [2.24, 2.45) is 0 Å². The molecule has 1 amide bonds. The smallest absolute Gasteiger partial charge is 0.264 e. The van der Waals surface area contributed by atoms with Gasteiger partial charge in [0.2, 0.25) is 5.91 Å². The molecular weight excluding hydrogens is 464 g/mol. The molecule has 0 aliphatic heterocycles. The van der Waals surface area contributed by atoms with E-state index in [1.54, 1.807) is 36.4 Å². The summed E-state index contributed by atoms with van der Waals surface area (Å²) in [6.07, 6.45) is 1.74. The number of sulfonamides is 1. The van der Waals surface area contributed by atoms with Crippen molar-refractivity contribution in [3.63, 3.8) is 0 Å². The van der Waals surface area contributed by atoms with Crippen LogP contribution in [0.3, 0.4) is 0 Å². The number of carbonyl (C=O) groups is 1. The zero-order chi connectivity index (χ0) is 25.4. The SMILES string of the molecule is CCc1ccc(CC)c(CNC(=O)CN(c2ccc(OC)c(OC)c2)S(=O)(=O)c2ccccc2)c1. The van der Waals surface area contributed by atoms with Gasteiger partial charge in [0.15, 0.2) is 11.5 Å². The molecule has 7 nitrogen and oxygen atoms in total. The number of rotatable bonds is 11. The minimum absolute atomic E-state index is 0.0894. The summed E-state index contributed by atoms with van der Waals surface area (Å²) in [6.45, 7) is 4.08. The van der Waals surface area contributed by atoms with Gasteiger partial charge in [-0.15, -0.1) is 0 Å². The van der Waals surface area contributed by atoms with E-state index in [1.807, 2.05) is 0 Å². The molecule has 0 bridgehead atoms. The quantitative estimate of drug-likeness (QED) is 0.427. The van der Waals surface area contributed by atoms with Gasteiger partial charge in [0, 0.05) is 12.6 Å². The summed E-state index contributed by atoms with van der Waals surface area (Å²) in [5.41, 5.74) is 3.66. The highest BCUT2D eigenvalue weighted by Gasteiger charge is 2.28. The fourth-order valence-electron chi connectivity index (χ4n) is 3.80. The van der Waals surface area contributed by atoms with E-state index in [1.165, 1.54) is 31.9 Å². The van der Waals surface area contributed by atoms with Gasteiger partial charge in [-0.3, -0.25) is 9.10 Å². The van der Waals surface area contributed by atoms with Gasteiger partial charge in [-0.2, -0.15) is 0 Å². The maximum absolute atomic E-state index is 13.6. The zero-order valence-corrected chi connectivity index (χ0v) is 21.4. The number of ether oxygens (including phenoxy) is 2. The number of hydrogen-bond donors (Lipinski definition) is 1. The lowest BCUT2D eigenvalue weighted by molar-refractivity contribution is -0.119. The maximum Gasteiger partial charge on any atom is 0.264 e. The lowest BCUT2D eigenvalue weighted by atomic mass is 10.0. The summed E-state index contributed by atoms with van der Waals surface area (Å²) in [4.78, 5) is 13.1. The first kappa shape index (κ1) is 26.1. The molecule has 0 aliphatic rings. The first-order chi connectivity index (χ1) is 16.8. The topological polar surface area (TPSA) is 84.9 Å². The molecule has 0 spiro atoms. The van der Waals surface area contributed by atoms with Crippen LogP contribution in [-0.2, 0) is 34.2 Å². The number of benzene rings is 3. The highest BCUT2D eigenvalue weighted by atomic mass is 32.2. The zero-order valence-electron chi connectivity index (χ0n) is 20.6. The van der Waals surface area contributed by atoms with Crippen molar-refractivity contribution in [2.75, 3.05) is 25.1 Å². The molecule has 0 aliphatic carbocycles. The van der Waals surface area contributed by atoms with E-state index in [0.29, 0.717) is 23.7 Å². The highest BCUT2D eigenvalue weighted by Crippen LogP contribution is 2.33. The lowest BCUT2D eigenvalue weighted by Gasteiger charge is -2.25. The Morgan fingerprint density at radius 3 is 2.20 bits per heavy atom. The second-order valence-corrected chi connectivity index (χ2v) is 9.81. The summed E-state index contributed by atoms with van der Waals surface area (Å²) in [7, 11) is -1.05. The van der Waals surface area contributed by atoms with Gasteiger partial charge in [-0.1, -0.05) is 50.2 Å². The van der Waals surface area contributed by atoms with Gasteiger partial charge >= 0.3 is 0 Å². The summed E-state index contributed by atoms with van der Waals surface area (Å²) in [5, 5.41) is 2.90. The molecule has 0 unspecified atom stereocenters. The van der Waals surface area contributed by atoms with Crippen LogP contribution in [0, 0.1) is 0 Å². The Labute approximate surface area is 207 Å². The van der Waals surface area contributed by atoms with E-state index in [-0.39, 0.29) is 11.4 Å². The normalized spacial score (nSPS) is 11.1. The van der Waals surface area contributed by atoms with E-state index < -0.39 is 15.9 Å². The number of methoxy groups -OCH3 is 2. The Morgan fingerprint density at radius 2 is 1.57 bits per heavy atom. The second kappa shape index (κ2) is 11.8. The molecule has 0 saturated heterocycles. The lowest BCUT2D eigenvalue weighted by Crippen LogP contribution is -2.40. The van der Waals surface area contributed by atoms with E-state index >= 15 is 0 Å². The van der Waals surface area contributed by atoms with Gasteiger partial charge in [0.05, 0.1) is 24.8 Å². The standard InChI is InChI=1S/C27H32N2O5S/c1-5-20-12-13-21(6-2)22(16-20)18-28-27(30)19-29(35(31,32)24-10-8-7-9-11-24)23-14-15-25(33-3)26(17-23)34-4/h7-17H,5-6,18-19H2,1-4H3,(H,28,30). The molecule has 1 N–H and O–H groups in total. The molecule has 3 aromatic carbocycles. The van der Waals surface area contributed by atoms with Gasteiger partial charge < -0.3 is 14.8 Å². The molecule has 0 saturated carbocycles. The maximum atomic E-state index is 13.6. The summed E-state index contributed by atoms with van der Waals surface area (Å²) in [6, 6.07) is 19.1. The van der Waals surface area contributed by atoms with Crippen LogP contribution in [0.25, 0.3) is 0 Å². The fraction of sp³-hybridized carbons (Fsp3) is 0.296. The van der Waals surface area contributed by atoms with E-state index in [9.17, 15) is 13.2 Å². The van der Waals surface area contributed by atoms with Crippen molar-refractivity contribution in [2.45, 2.75) is 38.1 Å². The number of carbonyl (C=O) groups excluding carboxylic acids is 1. The van der Waals surface area contributed by atoms with Gasteiger partial charge in [0.25, 0.3) is 10.0 Å². The average molecular weight is 497 g/mol. The predicted molar refractivity (Wildman–Crippen MR) is 138 cm³/mol. The molecule has 0 fully saturated rings. The largest absolute Gasteiger partial charge is 0.493 e. The highest BCUT2D eigenvalue weighted by molar-refractivity contribution is 7.92. The Bertz CT molecular complexity index is 1260. The number of nitrogens with zero attached hydrogens (tertiary/aromatic N) is 1. The Kier molecular flexibility index (Phi) is 8.76. The van der Waals surface area contributed by atoms with Crippen molar-refractivity contribution in [1.29, 1.82) is 0 Å². The van der Waals surface area contributed by atoms with Gasteiger partial charge in [-0.05, 0) is 53.8 Å². The Morgan fingerprint density at radius 1 is 0.857 bits per heavy atom. The predicted octanol–water partition coefficient (Wildman–Crippen LogP) is 4.34. The van der Waals surface area contributed by atoms with Crippen molar-refractivity contribution in [3.05, 3.63) is 83.4 Å². The molecule has 3 aromatic rings. The van der Waals surface area contributed by atoms with Crippen LogP contribution < -0.4 is 19.1 Å². The monoisotopic (exact) mass is 496 g/mol. The number of aryl methyl sites for hydroxylation is 2. The van der Waals surface area contributed by atoms with E-state index in [4.69, 9.17) is 9.47 Å². The van der Waals surface area contributed by atoms with E-state index in [0.717, 1.165) is 28.3 Å². The van der Waals surface area contributed by atoms with Crippen LogP contribution in [0.4, 0.5) is 5.69 Å². The Balaban J connectivity index is 1.91. The van der Waals surface area contributed by atoms with Crippen LogP contribution in [0.2, 0.25) is 0 Å². The third-order valence-electron chi connectivity index (χ3n) is 5.81. The third-order valence-corrected chi connectivity index (χ3v) is 7.60. The number of anilines is 1. The summed E-state index contributed by atoms with van der Waals surface area (Å²) in [5.74, 6) is 0.409. The molecule has 186 valence electrons. The molecule has 0 radical (unpaired) electrons.